The third-order valence-corrected chi connectivity index (χ3v) is 3.28. The lowest BCUT2D eigenvalue weighted by molar-refractivity contribution is 0.231. The number of hydrogen-bond acceptors (Lipinski definition) is 5. The smallest absolute Gasteiger partial charge is 0.163 e. The number of nitrogens with zero attached hydrogens (tertiary/aromatic N) is 5. The maximum Gasteiger partial charge on any atom is 0.163 e. The summed E-state index contributed by atoms with van der Waals surface area (Å²) in [6, 6.07) is 8.10. The Kier molecular flexibility index (Phi) is 3.76. The van der Waals surface area contributed by atoms with Crippen molar-refractivity contribution in [2.75, 3.05) is 31.1 Å². The number of hydrogen-bond donors (Lipinski definition) is 0. The van der Waals surface area contributed by atoms with E-state index in [4.69, 9.17) is 10.5 Å². The van der Waals surface area contributed by atoms with Gasteiger partial charge in [0, 0.05) is 32.4 Å². The van der Waals surface area contributed by atoms with Crippen molar-refractivity contribution < 1.29 is 0 Å². The van der Waals surface area contributed by atoms with E-state index in [0.29, 0.717) is 5.69 Å². The Morgan fingerprint density at radius 1 is 1.28 bits per heavy atom. The average molecular weight is 241 g/mol. The van der Waals surface area contributed by atoms with Gasteiger partial charge in [-0.2, -0.15) is 10.5 Å². The lowest BCUT2D eigenvalue weighted by Gasteiger charge is -2.37. The third kappa shape index (κ3) is 2.42. The van der Waals surface area contributed by atoms with Gasteiger partial charge in [-0.25, -0.2) is 4.98 Å². The zero-order valence-electron chi connectivity index (χ0n) is 10.4. The lowest BCUT2D eigenvalue weighted by atomic mass is 10.2. The zero-order chi connectivity index (χ0) is 13.0. The van der Waals surface area contributed by atoms with Crippen LogP contribution in [0.25, 0.3) is 0 Å². The van der Waals surface area contributed by atoms with Crippen LogP contribution in [0.1, 0.15) is 12.6 Å². The summed E-state index contributed by atoms with van der Waals surface area (Å²) in [7, 11) is 0. The van der Waals surface area contributed by atoms with E-state index < -0.39 is 0 Å². The molecule has 0 amide bonds. The molecule has 1 fully saturated rings. The van der Waals surface area contributed by atoms with E-state index in [1.807, 2.05) is 19.1 Å². The zero-order valence-corrected chi connectivity index (χ0v) is 10.4. The van der Waals surface area contributed by atoms with Crippen LogP contribution in [0.4, 0.5) is 5.69 Å². The summed E-state index contributed by atoms with van der Waals surface area (Å²) in [5.74, 6) is 0. The molecule has 1 unspecified atom stereocenters. The van der Waals surface area contributed by atoms with E-state index in [2.05, 4.69) is 26.9 Å². The van der Waals surface area contributed by atoms with Gasteiger partial charge in [0.05, 0.1) is 17.8 Å². The van der Waals surface area contributed by atoms with Gasteiger partial charge in [0.15, 0.2) is 5.69 Å². The van der Waals surface area contributed by atoms with Crippen molar-refractivity contribution >= 4 is 5.69 Å². The molecule has 0 saturated carbocycles. The minimum Gasteiger partial charge on any atom is -0.367 e. The van der Waals surface area contributed by atoms with Gasteiger partial charge in [0.1, 0.15) is 6.07 Å². The minimum absolute atomic E-state index is 0.0449. The van der Waals surface area contributed by atoms with Gasteiger partial charge in [-0.15, -0.1) is 0 Å². The topological polar surface area (TPSA) is 67.0 Å². The molecule has 92 valence electrons. The SMILES string of the molecule is CC(C#N)N1CCN(c2cccnc2C#N)CC1. The molecule has 2 heterocycles. The van der Waals surface area contributed by atoms with Crippen molar-refractivity contribution in [3.05, 3.63) is 24.0 Å². The number of pyridine rings is 1. The molecule has 18 heavy (non-hydrogen) atoms. The van der Waals surface area contributed by atoms with E-state index in [1.54, 1.807) is 6.20 Å². The van der Waals surface area contributed by atoms with Crippen LogP contribution < -0.4 is 4.90 Å². The maximum absolute atomic E-state index is 9.03. The van der Waals surface area contributed by atoms with E-state index in [0.717, 1.165) is 31.9 Å². The molecule has 0 aliphatic carbocycles. The number of nitriles is 2. The third-order valence-electron chi connectivity index (χ3n) is 3.28. The van der Waals surface area contributed by atoms with Crippen LogP contribution in [-0.2, 0) is 0 Å². The fraction of sp³-hybridized carbons (Fsp3) is 0.462. The molecule has 5 heteroatoms. The van der Waals surface area contributed by atoms with E-state index in [-0.39, 0.29) is 6.04 Å². The van der Waals surface area contributed by atoms with Crippen molar-refractivity contribution in [2.45, 2.75) is 13.0 Å². The summed E-state index contributed by atoms with van der Waals surface area (Å²) in [5.41, 5.74) is 1.36. The summed E-state index contributed by atoms with van der Waals surface area (Å²) in [4.78, 5) is 8.38. The van der Waals surface area contributed by atoms with Gasteiger partial charge < -0.3 is 4.90 Å². The fourth-order valence-electron chi connectivity index (χ4n) is 2.17. The molecule has 1 atom stereocenters. The Morgan fingerprint density at radius 2 is 2.00 bits per heavy atom. The normalized spacial score (nSPS) is 17.8. The van der Waals surface area contributed by atoms with Gasteiger partial charge in [-0.3, -0.25) is 4.90 Å². The second-order valence-electron chi connectivity index (χ2n) is 4.31. The van der Waals surface area contributed by atoms with Crippen LogP contribution in [0.3, 0.4) is 0 Å². The predicted octanol–water partition coefficient (Wildman–Crippen LogP) is 0.987. The van der Waals surface area contributed by atoms with E-state index in [9.17, 15) is 0 Å². The molecule has 1 aromatic rings. The largest absolute Gasteiger partial charge is 0.367 e. The standard InChI is InChI=1S/C13H15N5/c1-11(9-14)17-5-7-18(8-6-17)13-3-2-4-16-12(13)10-15/h2-4,11H,5-8H2,1H3. The minimum atomic E-state index is -0.0449. The van der Waals surface area contributed by atoms with Crippen molar-refractivity contribution in [3.8, 4) is 12.1 Å². The van der Waals surface area contributed by atoms with Crippen LogP contribution in [-0.4, -0.2) is 42.1 Å². The summed E-state index contributed by atoms with van der Waals surface area (Å²) >= 11 is 0. The first-order valence-corrected chi connectivity index (χ1v) is 6.00. The predicted molar refractivity (Wildman–Crippen MR) is 67.8 cm³/mol. The first-order valence-electron chi connectivity index (χ1n) is 6.00. The van der Waals surface area contributed by atoms with E-state index >= 15 is 0 Å². The van der Waals surface area contributed by atoms with Crippen LogP contribution in [0, 0.1) is 22.7 Å². The molecule has 2 rings (SSSR count). The molecule has 1 saturated heterocycles. The van der Waals surface area contributed by atoms with Gasteiger partial charge >= 0.3 is 0 Å². The van der Waals surface area contributed by atoms with Crippen molar-refractivity contribution in [3.63, 3.8) is 0 Å². The highest BCUT2D eigenvalue weighted by Crippen LogP contribution is 2.19. The van der Waals surface area contributed by atoms with Crippen LogP contribution in [0.2, 0.25) is 0 Å². The number of aromatic nitrogens is 1. The lowest BCUT2D eigenvalue weighted by Crippen LogP contribution is -2.49. The highest BCUT2D eigenvalue weighted by Gasteiger charge is 2.22. The van der Waals surface area contributed by atoms with Gasteiger partial charge in [0.25, 0.3) is 0 Å². The number of rotatable bonds is 2. The van der Waals surface area contributed by atoms with Crippen LogP contribution in [0.15, 0.2) is 18.3 Å². The molecule has 0 aromatic carbocycles. The van der Waals surface area contributed by atoms with Gasteiger partial charge in [-0.1, -0.05) is 0 Å². The first kappa shape index (κ1) is 12.3. The second-order valence-corrected chi connectivity index (χ2v) is 4.31. The molecule has 0 spiro atoms. The molecule has 1 aliphatic rings. The molecular formula is C13H15N5. The average Bonchev–Trinajstić information content (AvgIpc) is 2.46. The summed E-state index contributed by atoms with van der Waals surface area (Å²) < 4.78 is 0. The fourth-order valence-corrected chi connectivity index (χ4v) is 2.17. The summed E-state index contributed by atoms with van der Waals surface area (Å²) in [6.45, 7) is 5.25. The molecule has 5 nitrogen and oxygen atoms in total. The first-order chi connectivity index (χ1) is 8.76. The molecular weight excluding hydrogens is 226 g/mol. The Hall–Kier alpha value is -2.11. The molecule has 0 radical (unpaired) electrons. The Bertz CT molecular complexity index is 491. The molecule has 1 aliphatic heterocycles. The highest BCUT2D eigenvalue weighted by atomic mass is 15.3. The van der Waals surface area contributed by atoms with Gasteiger partial charge in [-0.05, 0) is 19.1 Å². The monoisotopic (exact) mass is 241 g/mol. The van der Waals surface area contributed by atoms with Crippen molar-refractivity contribution in [2.24, 2.45) is 0 Å². The van der Waals surface area contributed by atoms with Crippen molar-refractivity contribution in [1.29, 1.82) is 10.5 Å². The van der Waals surface area contributed by atoms with Crippen molar-refractivity contribution in [1.82, 2.24) is 9.88 Å². The van der Waals surface area contributed by atoms with Crippen LogP contribution in [0.5, 0.6) is 0 Å². The Labute approximate surface area is 107 Å². The Balaban J connectivity index is 2.07. The quantitative estimate of drug-likeness (QED) is 0.772. The Morgan fingerprint density at radius 3 is 2.61 bits per heavy atom. The molecule has 0 bridgehead atoms. The molecule has 1 aromatic heterocycles. The molecule has 0 N–H and O–H groups in total. The number of piperazine rings is 1. The number of anilines is 1. The summed E-state index contributed by atoms with van der Waals surface area (Å²) in [6.07, 6.45) is 1.63. The second kappa shape index (κ2) is 5.48. The maximum atomic E-state index is 9.03. The highest BCUT2D eigenvalue weighted by molar-refractivity contribution is 5.55. The van der Waals surface area contributed by atoms with E-state index in [1.165, 1.54) is 0 Å². The van der Waals surface area contributed by atoms with Crippen LogP contribution >= 0.6 is 0 Å². The summed E-state index contributed by atoms with van der Waals surface area (Å²) in [5, 5.41) is 17.9. The van der Waals surface area contributed by atoms with Gasteiger partial charge in [0.2, 0.25) is 0 Å².